The Hall–Kier alpha value is -1.98. The van der Waals surface area contributed by atoms with Gasteiger partial charge < -0.3 is 20.7 Å². The van der Waals surface area contributed by atoms with Crippen LogP contribution >= 0.6 is 0 Å². The normalized spacial score (nSPS) is 29.3. The molecule has 0 radical (unpaired) electrons. The predicted octanol–water partition coefficient (Wildman–Crippen LogP) is -0.162. The number of ether oxygens (including phenoxy) is 1. The van der Waals surface area contributed by atoms with Crippen LogP contribution < -0.4 is 5.73 Å². The van der Waals surface area contributed by atoms with E-state index >= 15 is 0 Å². The summed E-state index contributed by atoms with van der Waals surface area (Å²) in [5.74, 6) is -2.21. The number of imidazole rings is 1. The Labute approximate surface area is 121 Å². The van der Waals surface area contributed by atoms with Crippen LogP contribution in [0, 0.1) is 5.92 Å². The smallest absolute Gasteiger partial charge is 0.394 e. The number of hydrogen-bond acceptors (Lipinski definition) is 7. The fraction of sp³-hybridized carbons (Fsp3) is 0.545. The van der Waals surface area contributed by atoms with Crippen LogP contribution in [-0.2, 0) is 4.74 Å². The molecule has 0 spiro atoms. The van der Waals surface area contributed by atoms with Crippen LogP contribution in [0.15, 0.2) is 12.7 Å². The van der Waals surface area contributed by atoms with Crippen molar-refractivity contribution < 1.29 is 28.1 Å². The molecule has 4 N–H and O–H groups in total. The summed E-state index contributed by atoms with van der Waals surface area (Å²) in [5, 5.41) is 18.9. The van der Waals surface area contributed by atoms with Crippen molar-refractivity contribution in [3.8, 4) is 0 Å². The van der Waals surface area contributed by atoms with E-state index in [0.29, 0.717) is 0 Å². The van der Waals surface area contributed by atoms with Crippen LogP contribution in [0.1, 0.15) is 6.23 Å². The molecular formula is C11H12F3N5O3. The molecule has 2 aromatic heterocycles. The second-order valence-corrected chi connectivity index (χ2v) is 4.89. The van der Waals surface area contributed by atoms with Crippen LogP contribution in [-0.4, -0.2) is 54.7 Å². The van der Waals surface area contributed by atoms with Crippen molar-refractivity contribution in [1.29, 1.82) is 0 Å². The summed E-state index contributed by atoms with van der Waals surface area (Å²) >= 11 is 0. The molecule has 1 aliphatic heterocycles. The number of aromatic nitrogens is 4. The highest BCUT2D eigenvalue weighted by Gasteiger charge is 2.58. The van der Waals surface area contributed by atoms with Crippen LogP contribution in [0.3, 0.4) is 0 Å². The Morgan fingerprint density at radius 1 is 1.32 bits per heavy atom. The topological polar surface area (TPSA) is 119 Å². The van der Waals surface area contributed by atoms with Crippen molar-refractivity contribution in [2.75, 3.05) is 12.3 Å². The number of nitrogens with two attached hydrogens (primary N) is 1. The van der Waals surface area contributed by atoms with Gasteiger partial charge in [-0.25, -0.2) is 15.0 Å². The van der Waals surface area contributed by atoms with Gasteiger partial charge in [0.25, 0.3) is 0 Å². The maximum atomic E-state index is 13.2. The maximum Gasteiger partial charge on any atom is 0.398 e. The first-order valence-electron chi connectivity index (χ1n) is 6.28. The molecular weight excluding hydrogens is 307 g/mol. The zero-order chi connectivity index (χ0) is 16.1. The highest BCUT2D eigenvalue weighted by atomic mass is 19.4. The van der Waals surface area contributed by atoms with Crippen molar-refractivity contribution in [3.63, 3.8) is 0 Å². The van der Waals surface area contributed by atoms with Crippen LogP contribution in [0.4, 0.5) is 19.0 Å². The number of aliphatic hydroxyl groups excluding tert-OH is 2. The third-order valence-electron chi connectivity index (χ3n) is 3.59. The Bertz CT molecular complexity index is 691. The lowest BCUT2D eigenvalue weighted by atomic mass is 9.99. The van der Waals surface area contributed by atoms with Gasteiger partial charge in [-0.05, 0) is 0 Å². The zero-order valence-corrected chi connectivity index (χ0v) is 11.0. The molecule has 4 atom stereocenters. The van der Waals surface area contributed by atoms with Crippen molar-refractivity contribution in [3.05, 3.63) is 12.7 Å². The molecule has 3 rings (SSSR count). The van der Waals surface area contributed by atoms with Crippen LogP contribution in [0.2, 0.25) is 0 Å². The van der Waals surface area contributed by atoms with Gasteiger partial charge in [0.05, 0.1) is 19.0 Å². The van der Waals surface area contributed by atoms with Gasteiger partial charge in [-0.15, -0.1) is 0 Å². The highest BCUT2D eigenvalue weighted by molar-refractivity contribution is 5.81. The lowest BCUT2D eigenvalue weighted by molar-refractivity contribution is -0.210. The number of anilines is 1. The van der Waals surface area contributed by atoms with Gasteiger partial charge in [0.1, 0.15) is 23.9 Å². The summed E-state index contributed by atoms with van der Waals surface area (Å²) in [5.41, 5.74) is 5.78. The molecule has 8 nitrogen and oxygen atoms in total. The summed E-state index contributed by atoms with van der Waals surface area (Å²) < 4.78 is 45.9. The Morgan fingerprint density at radius 3 is 2.68 bits per heavy atom. The maximum absolute atomic E-state index is 13.2. The van der Waals surface area contributed by atoms with E-state index in [1.54, 1.807) is 0 Å². The monoisotopic (exact) mass is 319 g/mol. The Balaban J connectivity index is 2.09. The van der Waals surface area contributed by atoms with Crippen molar-refractivity contribution >= 4 is 17.0 Å². The standard InChI is InChI=1S/C11H12F3N5O3/c12-11(13,14)5-7(21)4(1-20)22-10(5)19-3-18-6-8(15)16-2-17-9(6)19/h2-5,7,10,20-21H,1H2,(H2,15,16,17)/t4-,5+,7-,10-/m1/s1. The number of halogens is 3. The summed E-state index contributed by atoms with van der Waals surface area (Å²) in [4.78, 5) is 11.4. The van der Waals surface area contributed by atoms with Gasteiger partial charge in [-0.1, -0.05) is 0 Å². The van der Waals surface area contributed by atoms with E-state index in [0.717, 1.165) is 17.2 Å². The molecule has 1 fully saturated rings. The van der Waals surface area contributed by atoms with E-state index in [1.165, 1.54) is 0 Å². The third kappa shape index (κ3) is 2.17. The third-order valence-corrected chi connectivity index (χ3v) is 3.59. The van der Waals surface area contributed by atoms with Gasteiger partial charge in [-0.2, -0.15) is 13.2 Å². The molecule has 0 unspecified atom stereocenters. The zero-order valence-electron chi connectivity index (χ0n) is 11.0. The summed E-state index contributed by atoms with van der Waals surface area (Å²) in [6, 6.07) is 0. The van der Waals surface area contributed by atoms with E-state index < -0.39 is 37.1 Å². The molecule has 0 aromatic carbocycles. The summed E-state index contributed by atoms with van der Waals surface area (Å²) in [7, 11) is 0. The average molecular weight is 319 g/mol. The average Bonchev–Trinajstić information content (AvgIpc) is 2.99. The molecule has 0 bridgehead atoms. The van der Waals surface area contributed by atoms with E-state index in [9.17, 15) is 18.3 Å². The van der Waals surface area contributed by atoms with E-state index in [2.05, 4.69) is 15.0 Å². The minimum Gasteiger partial charge on any atom is -0.394 e. The highest BCUT2D eigenvalue weighted by Crippen LogP contribution is 2.45. The van der Waals surface area contributed by atoms with Gasteiger partial charge in [0, 0.05) is 0 Å². The first-order valence-corrected chi connectivity index (χ1v) is 6.28. The number of alkyl halides is 3. The van der Waals surface area contributed by atoms with Crippen LogP contribution in [0.5, 0.6) is 0 Å². The Kier molecular flexibility index (Phi) is 3.42. The molecule has 0 aliphatic carbocycles. The SMILES string of the molecule is Nc1ncnc2c1ncn2[C@@H]1O[C@H](CO)[C@@H](O)[C@@H]1C(F)(F)F. The number of nitrogen functional groups attached to an aromatic ring is 1. The van der Waals surface area contributed by atoms with E-state index in [4.69, 9.17) is 15.6 Å². The van der Waals surface area contributed by atoms with Crippen molar-refractivity contribution in [2.45, 2.75) is 24.6 Å². The minimum atomic E-state index is -4.73. The van der Waals surface area contributed by atoms with Crippen LogP contribution in [0.25, 0.3) is 11.2 Å². The van der Waals surface area contributed by atoms with Crippen molar-refractivity contribution in [2.24, 2.45) is 5.92 Å². The van der Waals surface area contributed by atoms with Gasteiger partial charge >= 0.3 is 6.18 Å². The Morgan fingerprint density at radius 2 is 2.05 bits per heavy atom. The summed E-state index contributed by atoms with van der Waals surface area (Å²) in [6.07, 6.45) is -7.41. The lowest BCUT2D eigenvalue weighted by Gasteiger charge is -2.23. The number of hydrogen-bond donors (Lipinski definition) is 3. The predicted molar refractivity (Wildman–Crippen MR) is 66.3 cm³/mol. The van der Waals surface area contributed by atoms with E-state index in [-0.39, 0.29) is 17.0 Å². The largest absolute Gasteiger partial charge is 0.398 e. The number of rotatable bonds is 2. The molecule has 1 aliphatic rings. The molecule has 3 heterocycles. The summed E-state index contributed by atoms with van der Waals surface area (Å²) in [6.45, 7) is -0.742. The minimum absolute atomic E-state index is 0.0181. The molecule has 11 heteroatoms. The first kappa shape index (κ1) is 14.9. The number of fused-ring (bicyclic) bond motifs is 1. The lowest BCUT2D eigenvalue weighted by Crippen LogP contribution is -2.38. The molecule has 22 heavy (non-hydrogen) atoms. The number of aliphatic hydroxyl groups is 2. The van der Waals surface area contributed by atoms with E-state index in [1.807, 2.05) is 0 Å². The molecule has 0 saturated carbocycles. The fourth-order valence-electron chi connectivity index (χ4n) is 2.55. The number of nitrogens with zero attached hydrogens (tertiary/aromatic N) is 4. The second-order valence-electron chi connectivity index (χ2n) is 4.89. The van der Waals surface area contributed by atoms with Gasteiger partial charge in [-0.3, -0.25) is 4.57 Å². The quantitative estimate of drug-likeness (QED) is 0.703. The first-order chi connectivity index (χ1) is 10.3. The van der Waals surface area contributed by atoms with Gasteiger partial charge in [0.15, 0.2) is 17.7 Å². The fourth-order valence-corrected chi connectivity index (χ4v) is 2.55. The molecule has 0 amide bonds. The van der Waals surface area contributed by atoms with Gasteiger partial charge in [0.2, 0.25) is 0 Å². The second kappa shape index (κ2) is 5.04. The molecule has 2 aromatic rings. The molecule has 120 valence electrons. The molecule has 1 saturated heterocycles. The van der Waals surface area contributed by atoms with Crippen molar-refractivity contribution in [1.82, 2.24) is 19.5 Å².